The summed E-state index contributed by atoms with van der Waals surface area (Å²) in [7, 11) is 1.46. The van der Waals surface area contributed by atoms with Gasteiger partial charge >= 0.3 is 5.97 Å². The molecule has 0 saturated carbocycles. The van der Waals surface area contributed by atoms with Gasteiger partial charge in [0.2, 0.25) is 53.4 Å². The minimum atomic E-state index is -2.42. The van der Waals surface area contributed by atoms with E-state index in [-0.39, 0.29) is 56.0 Å². The van der Waals surface area contributed by atoms with Gasteiger partial charge in [-0.2, -0.15) is 0 Å². The lowest BCUT2D eigenvalue weighted by Gasteiger charge is -2.46. The summed E-state index contributed by atoms with van der Waals surface area (Å²) in [6, 6.07) is -0.999. The van der Waals surface area contributed by atoms with Crippen molar-refractivity contribution < 1.29 is 142 Å². The van der Waals surface area contributed by atoms with Crippen LogP contribution in [0.3, 0.4) is 0 Å². The molecule has 1 unspecified atom stereocenters. The molecule has 8 aliphatic rings. The Kier molecular flexibility index (Phi) is 29.0. The third kappa shape index (κ3) is 19.9. The number of aromatic hydroxyl groups is 3. The number of halogens is 2. The molecule has 0 spiro atoms. The summed E-state index contributed by atoms with van der Waals surface area (Å²) in [5.74, 6) is -16.1. The highest BCUT2D eigenvalue weighted by atomic mass is 35.5. The molecular weight excluding hydrogens is 1650 g/mol. The number of amides is 7. The van der Waals surface area contributed by atoms with Crippen LogP contribution in [0.1, 0.15) is 130 Å². The number of ether oxygens (including phenoxy) is 8. The fourth-order valence-electron chi connectivity index (χ4n) is 15.3. The Morgan fingerprint density at radius 2 is 1.32 bits per heavy atom. The second-order valence-corrected chi connectivity index (χ2v) is 31.9. The molecule has 11 bridgehead atoms. The van der Waals surface area contributed by atoms with Gasteiger partial charge < -0.3 is 158 Å². The molecule has 6 aromatic rings. The van der Waals surface area contributed by atoms with Gasteiger partial charge in [-0.25, -0.2) is 4.79 Å². The van der Waals surface area contributed by atoms with Crippen LogP contribution in [0.25, 0.3) is 11.1 Å². The number of hydrogen-bond donors (Lipinski definition) is 22. The first-order valence-electron chi connectivity index (χ1n) is 38.5. The topological polar surface area (TPSA) is 627 Å². The number of hydrogen-bond acceptors (Lipinski definition) is 32. The zero-order valence-electron chi connectivity index (χ0n) is 65.9. The summed E-state index contributed by atoms with van der Waals surface area (Å²) in [6.45, 7) is 9.04. The molecule has 40 nitrogen and oxygen atoms in total. The second-order valence-electron chi connectivity index (χ2n) is 31.1. The number of carbonyl (C=O) groups excluding carboxylic acids is 7. The van der Waals surface area contributed by atoms with Crippen LogP contribution in [0.4, 0.5) is 0 Å². The Morgan fingerprint density at radius 3 is 1.93 bits per heavy atom. The first-order chi connectivity index (χ1) is 57.2. The Balaban J connectivity index is 0.0000145. The molecule has 662 valence electrons. The van der Waals surface area contributed by atoms with E-state index in [0.717, 1.165) is 72.3 Å². The van der Waals surface area contributed by atoms with Crippen LogP contribution in [-0.2, 0) is 68.5 Å². The summed E-state index contributed by atoms with van der Waals surface area (Å²) >= 11 is 14.5. The maximum absolute atomic E-state index is 16.4. The number of primary amides is 1. The number of nitrogens with one attached hydrogen (secondary N) is 8. The van der Waals surface area contributed by atoms with E-state index in [0.29, 0.717) is 17.9 Å². The van der Waals surface area contributed by atoms with E-state index >= 15 is 24.0 Å². The number of carboxylic acids is 1. The van der Waals surface area contributed by atoms with Crippen LogP contribution < -0.4 is 68.2 Å². The van der Waals surface area contributed by atoms with Gasteiger partial charge in [0, 0.05) is 46.8 Å². The quantitative estimate of drug-likeness (QED) is 0.0448. The summed E-state index contributed by atoms with van der Waals surface area (Å²) in [5, 5.41) is 163. The normalized spacial score (nSPS) is 30.2. The van der Waals surface area contributed by atoms with Crippen LogP contribution >= 0.6 is 23.2 Å². The molecule has 7 amide bonds. The summed E-state index contributed by atoms with van der Waals surface area (Å²) in [4.78, 5) is 120. The van der Waals surface area contributed by atoms with E-state index < -0.39 is 279 Å². The van der Waals surface area contributed by atoms with Crippen molar-refractivity contribution in [1.82, 2.24) is 47.7 Å². The van der Waals surface area contributed by atoms with E-state index in [1.807, 2.05) is 0 Å². The number of phenols is 3. The lowest BCUT2D eigenvalue weighted by Crippen LogP contribution is -2.65. The summed E-state index contributed by atoms with van der Waals surface area (Å²) in [5.41, 5.74) is 9.44. The van der Waals surface area contributed by atoms with Crippen LogP contribution in [0.5, 0.6) is 46.0 Å². The third-order valence-electron chi connectivity index (χ3n) is 21.8. The Bertz CT molecular complexity index is 4890. The zero-order chi connectivity index (χ0) is 87.8. The van der Waals surface area contributed by atoms with Crippen LogP contribution in [-0.4, -0.2) is 250 Å². The summed E-state index contributed by atoms with van der Waals surface area (Å²) < 4.78 is 56.3. The Hall–Kier alpha value is -10.2. The van der Waals surface area contributed by atoms with Crippen LogP contribution in [0, 0.1) is 19.8 Å². The number of carbonyl (C=O) groups is 8. The standard InChI is InChI=1S/C79H95Cl2N11O29.CH4/c1-28(2)16-42(84-7)70(105)90-58-60(98)33-9-12-46(40(80)18-33)114-48-20-35-21-49(67(48)119-78-65(103)63(101)68(51(27-93)117-78)120-77-64(102)62(100)61(99)50(116-77)26-85-15-14-37-29(3)92-121-30(37)4)115-47-13-10-34(19-41(47)81)66(118-53-25-79(6,83)69(104)31(5)113-53)59-75(110)89-57(76(111)112)39-22-36(94)23-45(96)54(39)38-17-32(8-11-44(38)95)55(72(107)91-59)88-73(108)56(35)87-71(106)43(24-52(82)97)86-74(58)109;/h8-13,17-23,28,31,42-43,50-51,53,55-66,68-69,77-78,84-85,93-96,98-104H,14-16,24-27,83H2,1-7H3,(H2,82,97)(H,86,109)(H,87,106)(H,88,108)(H,89,110)(H,90,105)(H,91,107)(H,111,112);1H4/t31-,42+,43-,50+,51+,53?,55+,56+,57+,58+,59-,60+,61-,62-,63+,64+,65+,66+,68+,69-,77-,78-,79-;/m0./s1. The number of phenolic OH excluding ortho intramolecular Hbond substituents is 3. The molecule has 1 aromatic heterocycles. The molecule has 3 saturated heterocycles. The van der Waals surface area contributed by atoms with Gasteiger partial charge in [-0.15, -0.1) is 0 Å². The van der Waals surface area contributed by atoms with Gasteiger partial charge in [0.05, 0.1) is 47.0 Å². The number of aryl methyl sites for hydroxylation is 2. The van der Waals surface area contributed by atoms with Crippen LogP contribution in [0.2, 0.25) is 10.0 Å². The molecule has 3 fully saturated rings. The van der Waals surface area contributed by atoms with Crippen molar-refractivity contribution in [3.05, 3.63) is 134 Å². The molecule has 23 atom stereocenters. The monoisotopic (exact) mass is 1750 g/mol. The molecule has 0 aliphatic carbocycles. The van der Waals surface area contributed by atoms with Crippen molar-refractivity contribution in [2.45, 2.75) is 215 Å². The Morgan fingerprint density at radius 1 is 0.697 bits per heavy atom. The number of aliphatic hydroxyl groups excluding tert-OH is 8. The lowest BCUT2D eigenvalue weighted by molar-refractivity contribution is -0.350. The minimum absolute atomic E-state index is 0. The number of aromatic nitrogens is 1. The van der Waals surface area contributed by atoms with E-state index in [1.165, 1.54) is 33.0 Å². The maximum atomic E-state index is 16.4. The zero-order valence-corrected chi connectivity index (χ0v) is 67.4. The van der Waals surface area contributed by atoms with E-state index in [1.54, 1.807) is 27.7 Å². The number of fused-ring (bicyclic) bond motifs is 15. The van der Waals surface area contributed by atoms with Gasteiger partial charge in [0.1, 0.15) is 126 Å². The average molecular weight is 1750 g/mol. The van der Waals surface area contributed by atoms with Gasteiger partial charge in [-0.1, -0.05) is 67.8 Å². The average Bonchev–Trinajstić information content (AvgIpc) is 0.797. The number of nitrogens with two attached hydrogens (primary N) is 2. The minimum Gasteiger partial charge on any atom is -0.508 e. The molecule has 24 N–H and O–H groups in total. The van der Waals surface area contributed by atoms with Gasteiger partial charge in [-0.3, -0.25) is 33.6 Å². The molecule has 8 aliphatic heterocycles. The highest BCUT2D eigenvalue weighted by Gasteiger charge is 2.53. The highest BCUT2D eigenvalue weighted by molar-refractivity contribution is 6.32. The predicted molar refractivity (Wildman–Crippen MR) is 424 cm³/mol. The van der Waals surface area contributed by atoms with Crippen molar-refractivity contribution in [1.29, 1.82) is 0 Å². The molecule has 42 heteroatoms. The molecular formula is C80H99Cl2N11O29. The highest BCUT2D eigenvalue weighted by Crippen LogP contribution is 2.50. The number of likely N-dealkylation sites (N-methyl/N-ethyl adjacent to an activating group) is 1. The lowest BCUT2D eigenvalue weighted by atomic mass is 9.86. The third-order valence-corrected chi connectivity index (χ3v) is 22.4. The molecule has 9 heterocycles. The molecule has 5 aromatic carbocycles. The van der Waals surface area contributed by atoms with E-state index in [2.05, 4.69) is 47.7 Å². The van der Waals surface area contributed by atoms with Crippen molar-refractivity contribution >= 4 is 70.5 Å². The number of rotatable bonds is 20. The second kappa shape index (κ2) is 38.3. The summed E-state index contributed by atoms with van der Waals surface area (Å²) in [6.07, 6.45) is -28.6. The van der Waals surface area contributed by atoms with Crippen molar-refractivity contribution in [3.63, 3.8) is 0 Å². The Labute approximate surface area is 706 Å². The first kappa shape index (κ1) is 92.5. The number of aliphatic hydroxyl groups is 8. The largest absolute Gasteiger partial charge is 0.508 e. The van der Waals surface area contributed by atoms with Gasteiger partial charge in [-0.05, 0) is 137 Å². The van der Waals surface area contributed by atoms with Crippen molar-refractivity contribution in [2.24, 2.45) is 17.4 Å². The molecule has 0 radical (unpaired) electrons. The predicted octanol–water partition coefficient (Wildman–Crippen LogP) is 0.0113. The van der Waals surface area contributed by atoms with E-state index in [9.17, 15) is 75.7 Å². The van der Waals surface area contributed by atoms with Gasteiger partial charge in [0.25, 0.3) is 0 Å². The van der Waals surface area contributed by atoms with Crippen molar-refractivity contribution in [2.75, 3.05) is 26.7 Å². The van der Waals surface area contributed by atoms with E-state index in [4.69, 9.17) is 77.1 Å². The molecule has 14 rings (SSSR count). The first-order valence-corrected chi connectivity index (χ1v) is 39.2. The molecule has 122 heavy (non-hydrogen) atoms. The van der Waals surface area contributed by atoms with Gasteiger partial charge in [0.15, 0.2) is 30.1 Å². The number of nitrogens with zero attached hydrogens (tertiary/aromatic N) is 1. The van der Waals surface area contributed by atoms with Crippen LogP contribution in [0.15, 0.2) is 83.4 Å². The maximum Gasteiger partial charge on any atom is 0.330 e. The fourth-order valence-corrected chi connectivity index (χ4v) is 15.8. The van der Waals surface area contributed by atoms with Crippen molar-refractivity contribution in [3.8, 4) is 57.1 Å². The fraction of sp³-hybridized carbons (Fsp3) is 0.487. The smallest absolute Gasteiger partial charge is 0.330 e. The number of carboxylic acid groups (broad SMARTS) is 1. The number of benzene rings is 5. The number of aliphatic carboxylic acids is 1. The SMILES string of the molecule is C.CN[C@H](CC(C)C)C(=O)N[C@H]1C(=O)N[C@@H](CC(N)=O)C(=O)N[C@H]2C(=O)N[C@H]3C(=O)N[C@H](C(=O)N[C@@H](C(=O)O)c4cc(O)cc(O)c4-c4cc3ccc4O)[C@H](OC3C[C@](C)(N)[C@@H](O)[C@H](C)O3)c3ccc(c(Cl)c3)Oc3cc2cc(c3O[C@@H]2O[C@H](CO)[C@@H](O[C@@H]3O[C@H](CNCCc4c(C)noc4C)[C@H](O)[C@H](O)[C@H]3O)[C@H](O)[C@H]2O)Oc2ccc(cc2Cl)[C@H]1O.